The molecule has 176 valence electrons. The Labute approximate surface area is 195 Å². The molecule has 0 bridgehead atoms. The van der Waals surface area contributed by atoms with Crippen molar-refractivity contribution in [2.75, 3.05) is 11.9 Å². The van der Waals surface area contributed by atoms with Crippen LogP contribution < -0.4 is 26.5 Å². The summed E-state index contributed by atoms with van der Waals surface area (Å²) in [5, 5.41) is 8.19. The largest absolute Gasteiger partial charge is 0.483 e. The van der Waals surface area contributed by atoms with Crippen LogP contribution in [0, 0.1) is 0 Å². The molecule has 0 aliphatic carbocycles. The molecule has 1 aromatic heterocycles. The fourth-order valence-corrected chi connectivity index (χ4v) is 3.05. The molecule has 34 heavy (non-hydrogen) atoms. The van der Waals surface area contributed by atoms with E-state index in [9.17, 15) is 28.0 Å². The number of hydrogen-bond donors (Lipinski definition) is 4. The van der Waals surface area contributed by atoms with Crippen molar-refractivity contribution in [2.45, 2.75) is 10.7 Å². The molecule has 2 aromatic carbocycles. The molecule has 10 nitrogen and oxygen atoms in total. The summed E-state index contributed by atoms with van der Waals surface area (Å²) in [7, 11) is 0. The molecule has 0 aliphatic heterocycles. The molecule has 1 heterocycles. The van der Waals surface area contributed by atoms with Gasteiger partial charge in [-0.3, -0.25) is 30.0 Å². The third kappa shape index (κ3) is 7.13. The highest BCUT2D eigenvalue weighted by Gasteiger charge is 2.15. The van der Waals surface area contributed by atoms with Gasteiger partial charge in [0.2, 0.25) is 0 Å². The zero-order valence-electron chi connectivity index (χ0n) is 17.2. The molecule has 0 fully saturated rings. The van der Waals surface area contributed by atoms with Gasteiger partial charge >= 0.3 is 0 Å². The van der Waals surface area contributed by atoms with Gasteiger partial charge in [-0.05, 0) is 42.5 Å². The van der Waals surface area contributed by atoms with Crippen LogP contribution in [0.15, 0.2) is 70.4 Å². The maximum Gasteiger partial charge on any atom is 0.290 e. The van der Waals surface area contributed by atoms with E-state index in [0.717, 1.165) is 6.07 Å². The summed E-state index contributed by atoms with van der Waals surface area (Å²) in [6.45, 7) is -0.439. The SMILES string of the molecule is O=C(COc1ccccc1C(=O)NNC(=O)c1ccc(=O)[nH]n1)Nc1ccc(SC(F)F)cc1. The lowest BCUT2D eigenvalue weighted by Gasteiger charge is -2.12. The smallest absolute Gasteiger partial charge is 0.290 e. The summed E-state index contributed by atoms with van der Waals surface area (Å²) in [6.07, 6.45) is 0. The summed E-state index contributed by atoms with van der Waals surface area (Å²) in [4.78, 5) is 48.0. The van der Waals surface area contributed by atoms with Gasteiger partial charge in [0, 0.05) is 16.6 Å². The monoisotopic (exact) mass is 489 g/mol. The Bertz CT molecular complexity index is 1220. The fourth-order valence-electron chi connectivity index (χ4n) is 2.56. The number of ether oxygens (including phenoxy) is 1. The van der Waals surface area contributed by atoms with Crippen LogP contribution in [0.25, 0.3) is 0 Å². The lowest BCUT2D eigenvalue weighted by molar-refractivity contribution is -0.118. The first-order chi connectivity index (χ1) is 16.3. The van der Waals surface area contributed by atoms with E-state index >= 15 is 0 Å². The van der Waals surface area contributed by atoms with Crippen LogP contribution in [0.3, 0.4) is 0 Å². The number of carbonyl (C=O) groups is 3. The van der Waals surface area contributed by atoms with Gasteiger partial charge in [0.1, 0.15) is 5.75 Å². The Hall–Kier alpha value is -4.26. The Morgan fingerprint density at radius 3 is 2.35 bits per heavy atom. The summed E-state index contributed by atoms with van der Waals surface area (Å²) >= 11 is 0.390. The number of aromatic amines is 1. The van der Waals surface area contributed by atoms with Gasteiger partial charge in [-0.1, -0.05) is 23.9 Å². The molecule has 3 amide bonds. The van der Waals surface area contributed by atoms with Crippen molar-refractivity contribution in [1.82, 2.24) is 21.0 Å². The molecule has 3 aromatic rings. The van der Waals surface area contributed by atoms with Crippen molar-refractivity contribution in [3.63, 3.8) is 0 Å². The van der Waals surface area contributed by atoms with Crippen molar-refractivity contribution < 1.29 is 27.9 Å². The van der Waals surface area contributed by atoms with E-state index in [1.165, 1.54) is 42.5 Å². The number of nitrogens with zero attached hydrogens (tertiary/aromatic N) is 1. The standard InChI is InChI=1S/C21H17F2N5O5S/c22-21(23)34-13-7-5-12(6-8-13)24-18(30)11-33-16-4-2-1-3-14(16)19(31)27-28-20(32)15-9-10-17(29)26-25-15/h1-10,21H,11H2,(H,24,30)(H,26,29)(H,27,31)(H,28,32). The Morgan fingerprint density at radius 2 is 1.68 bits per heavy atom. The van der Waals surface area contributed by atoms with Crippen LogP contribution in [0.5, 0.6) is 5.75 Å². The summed E-state index contributed by atoms with van der Waals surface area (Å²) in [5.74, 6) is -4.49. The second-order valence-corrected chi connectivity index (χ2v) is 7.51. The fraction of sp³-hybridized carbons (Fsp3) is 0.0952. The zero-order valence-corrected chi connectivity index (χ0v) is 18.0. The minimum Gasteiger partial charge on any atom is -0.483 e. The van der Waals surface area contributed by atoms with Gasteiger partial charge in [-0.25, -0.2) is 5.10 Å². The van der Waals surface area contributed by atoms with Crippen molar-refractivity contribution in [3.8, 4) is 5.75 Å². The highest BCUT2D eigenvalue weighted by molar-refractivity contribution is 7.99. The summed E-state index contributed by atoms with van der Waals surface area (Å²) < 4.78 is 30.2. The lowest BCUT2D eigenvalue weighted by atomic mass is 10.2. The number of hydrogen-bond acceptors (Lipinski definition) is 7. The number of aromatic nitrogens is 2. The number of carbonyl (C=O) groups excluding carboxylic acids is 3. The molecule has 0 atom stereocenters. The number of benzene rings is 2. The van der Waals surface area contributed by atoms with Gasteiger partial charge < -0.3 is 10.1 Å². The first kappa shape index (κ1) is 24.4. The highest BCUT2D eigenvalue weighted by Crippen LogP contribution is 2.26. The number of anilines is 1. The number of para-hydroxylation sites is 1. The molecule has 0 unspecified atom stereocenters. The number of halogens is 2. The summed E-state index contributed by atoms with van der Waals surface area (Å²) in [5.41, 5.74) is 4.16. The van der Waals surface area contributed by atoms with Crippen LogP contribution >= 0.6 is 11.8 Å². The van der Waals surface area contributed by atoms with Crippen LogP contribution in [-0.4, -0.2) is 40.3 Å². The van der Waals surface area contributed by atoms with E-state index in [1.807, 2.05) is 0 Å². The molecule has 3 rings (SSSR count). The van der Waals surface area contributed by atoms with Gasteiger partial charge in [-0.2, -0.15) is 13.9 Å². The van der Waals surface area contributed by atoms with Crippen LogP contribution in [0.2, 0.25) is 0 Å². The minimum atomic E-state index is -2.54. The Morgan fingerprint density at radius 1 is 0.971 bits per heavy atom. The van der Waals surface area contributed by atoms with Crippen molar-refractivity contribution >= 4 is 35.2 Å². The van der Waals surface area contributed by atoms with Gasteiger partial charge in [0.15, 0.2) is 12.3 Å². The predicted molar refractivity (Wildman–Crippen MR) is 119 cm³/mol. The van der Waals surface area contributed by atoms with Gasteiger partial charge in [0.05, 0.1) is 5.56 Å². The third-order valence-electron chi connectivity index (χ3n) is 4.06. The third-order valence-corrected chi connectivity index (χ3v) is 4.78. The van der Waals surface area contributed by atoms with E-state index < -0.39 is 35.6 Å². The molecular weight excluding hydrogens is 472 g/mol. The molecule has 0 spiro atoms. The van der Waals surface area contributed by atoms with Crippen LogP contribution in [-0.2, 0) is 4.79 Å². The molecule has 0 saturated heterocycles. The summed E-state index contributed by atoms with van der Waals surface area (Å²) in [6, 6.07) is 14.2. The second-order valence-electron chi connectivity index (χ2n) is 6.45. The number of amides is 3. The zero-order chi connectivity index (χ0) is 24.5. The van der Waals surface area contributed by atoms with Crippen molar-refractivity contribution in [2.24, 2.45) is 0 Å². The number of thioether (sulfide) groups is 1. The average Bonchev–Trinajstić information content (AvgIpc) is 2.82. The molecule has 4 N–H and O–H groups in total. The van der Waals surface area contributed by atoms with E-state index in [2.05, 4.69) is 26.4 Å². The van der Waals surface area contributed by atoms with Crippen molar-refractivity contribution in [1.29, 1.82) is 0 Å². The lowest BCUT2D eigenvalue weighted by Crippen LogP contribution is -2.42. The Kier molecular flexibility index (Phi) is 8.29. The van der Waals surface area contributed by atoms with E-state index in [4.69, 9.17) is 4.74 Å². The quantitative estimate of drug-likeness (QED) is 0.281. The average molecular weight is 489 g/mol. The van der Waals surface area contributed by atoms with E-state index in [-0.39, 0.29) is 17.0 Å². The maximum absolute atomic E-state index is 12.5. The van der Waals surface area contributed by atoms with E-state index in [1.54, 1.807) is 12.1 Å². The minimum absolute atomic E-state index is 0.0402. The first-order valence-corrected chi connectivity index (χ1v) is 10.4. The highest BCUT2D eigenvalue weighted by atomic mass is 32.2. The molecule has 0 radical (unpaired) electrons. The maximum atomic E-state index is 12.5. The number of rotatable bonds is 8. The van der Waals surface area contributed by atoms with Crippen molar-refractivity contribution in [3.05, 3.63) is 82.3 Å². The van der Waals surface area contributed by atoms with Gasteiger partial charge in [0.25, 0.3) is 29.0 Å². The number of nitrogens with one attached hydrogen (secondary N) is 4. The Balaban J connectivity index is 1.54. The van der Waals surface area contributed by atoms with Gasteiger partial charge in [-0.15, -0.1) is 0 Å². The number of alkyl halides is 2. The van der Waals surface area contributed by atoms with E-state index in [0.29, 0.717) is 22.3 Å². The topological polar surface area (TPSA) is 142 Å². The normalized spacial score (nSPS) is 10.4. The predicted octanol–water partition coefficient (Wildman–Crippen LogP) is 2.18. The molecular formula is C21H17F2N5O5S. The second kappa shape index (κ2) is 11.6. The molecule has 0 aliphatic rings. The first-order valence-electron chi connectivity index (χ1n) is 9.55. The molecule has 0 saturated carbocycles. The number of H-pyrrole nitrogens is 1. The number of hydrazine groups is 1. The van der Waals surface area contributed by atoms with Crippen LogP contribution in [0.4, 0.5) is 14.5 Å². The van der Waals surface area contributed by atoms with Crippen LogP contribution in [0.1, 0.15) is 20.8 Å². The molecule has 13 heteroatoms.